The first-order chi connectivity index (χ1) is 8.38. The molecule has 5 heteroatoms. The minimum atomic E-state index is -3.65. The quantitative estimate of drug-likeness (QED) is 0.893. The highest BCUT2D eigenvalue weighted by molar-refractivity contribution is 7.89. The van der Waals surface area contributed by atoms with Crippen LogP contribution in [0.4, 0.5) is 5.69 Å². The molecule has 0 bridgehead atoms. The van der Waals surface area contributed by atoms with Gasteiger partial charge in [-0.25, -0.2) is 13.6 Å². The standard InChI is InChI=1S/C13H16N2O2S/c1-9(2)15-13-5-3-4-10-8-11(18(14,16)17)6-7-12(10)13/h3-9,15H,1-2H3,(H2,14,16,17). The zero-order valence-corrected chi connectivity index (χ0v) is 11.2. The predicted octanol–water partition coefficient (Wildman–Crippen LogP) is 2.31. The first-order valence-electron chi connectivity index (χ1n) is 5.70. The van der Waals surface area contributed by atoms with Gasteiger partial charge in [0.25, 0.3) is 0 Å². The molecule has 18 heavy (non-hydrogen) atoms. The number of rotatable bonds is 3. The molecule has 0 unspecified atom stereocenters. The zero-order valence-electron chi connectivity index (χ0n) is 10.3. The van der Waals surface area contributed by atoms with Crippen LogP contribution in [0, 0.1) is 0 Å². The van der Waals surface area contributed by atoms with Crippen LogP contribution in [0.1, 0.15) is 13.8 Å². The molecule has 0 aromatic heterocycles. The third-order valence-electron chi connectivity index (χ3n) is 2.62. The number of nitrogens with two attached hydrogens (primary N) is 1. The molecule has 0 spiro atoms. The molecule has 0 saturated carbocycles. The van der Waals surface area contributed by atoms with Crippen LogP contribution in [0.15, 0.2) is 41.3 Å². The average Bonchev–Trinajstić information content (AvgIpc) is 2.27. The molecule has 0 atom stereocenters. The van der Waals surface area contributed by atoms with Gasteiger partial charge >= 0.3 is 0 Å². The Morgan fingerprint density at radius 1 is 1.17 bits per heavy atom. The number of nitrogens with one attached hydrogen (secondary N) is 1. The van der Waals surface area contributed by atoms with Crippen molar-refractivity contribution in [2.24, 2.45) is 5.14 Å². The average molecular weight is 264 g/mol. The van der Waals surface area contributed by atoms with Gasteiger partial charge in [0.1, 0.15) is 0 Å². The Hall–Kier alpha value is -1.59. The van der Waals surface area contributed by atoms with Gasteiger partial charge in [0, 0.05) is 17.1 Å². The maximum atomic E-state index is 11.3. The second-order valence-electron chi connectivity index (χ2n) is 4.53. The second-order valence-corrected chi connectivity index (χ2v) is 6.09. The first kappa shape index (κ1) is 12.9. The monoisotopic (exact) mass is 264 g/mol. The van der Waals surface area contributed by atoms with Crippen molar-refractivity contribution in [3.8, 4) is 0 Å². The van der Waals surface area contributed by atoms with Gasteiger partial charge in [0.05, 0.1) is 4.90 Å². The maximum absolute atomic E-state index is 11.3. The fourth-order valence-corrected chi connectivity index (χ4v) is 2.42. The number of primary sulfonamides is 1. The molecule has 4 nitrogen and oxygen atoms in total. The van der Waals surface area contributed by atoms with Crippen LogP contribution in [-0.4, -0.2) is 14.5 Å². The highest BCUT2D eigenvalue weighted by Gasteiger charge is 2.09. The summed E-state index contributed by atoms with van der Waals surface area (Å²) in [6.07, 6.45) is 0. The van der Waals surface area contributed by atoms with E-state index in [1.54, 1.807) is 12.1 Å². The number of anilines is 1. The Kier molecular flexibility index (Phi) is 3.28. The van der Waals surface area contributed by atoms with Crippen molar-refractivity contribution >= 4 is 26.5 Å². The second kappa shape index (κ2) is 4.59. The van der Waals surface area contributed by atoms with Crippen LogP contribution in [-0.2, 0) is 10.0 Å². The summed E-state index contributed by atoms with van der Waals surface area (Å²) in [5.74, 6) is 0. The van der Waals surface area contributed by atoms with E-state index < -0.39 is 10.0 Å². The number of hydrogen-bond acceptors (Lipinski definition) is 3. The van der Waals surface area contributed by atoms with Crippen molar-refractivity contribution in [1.29, 1.82) is 0 Å². The lowest BCUT2D eigenvalue weighted by atomic mass is 10.1. The van der Waals surface area contributed by atoms with Crippen LogP contribution in [0.2, 0.25) is 0 Å². The SMILES string of the molecule is CC(C)Nc1cccc2cc(S(N)(=O)=O)ccc12. The predicted molar refractivity (Wildman–Crippen MR) is 74.1 cm³/mol. The molecular weight excluding hydrogens is 248 g/mol. The van der Waals surface area contributed by atoms with Crippen LogP contribution >= 0.6 is 0 Å². The summed E-state index contributed by atoms with van der Waals surface area (Å²) < 4.78 is 22.6. The van der Waals surface area contributed by atoms with E-state index in [9.17, 15) is 8.42 Å². The van der Waals surface area contributed by atoms with Gasteiger partial charge in [0.2, 0.25) is 10.0 Å². The van der Waals surface area contributed by atoms with Crippen LogP contribution in [0.5, 0.6) is 0 Å². The summed E-state index contributed by atoms with van der Waals surface area (Å²) >= 11 is 0. The first-order valence-corrected chi connectivity index (χ1v) is 7.24. The van der Waals surface area contributed by atoms with Gasteiger partial charge in [-0.05, 0) is 37.4 Å². The van der Waals surface area contributed by atoms with Crippen molar-refractivity contribution in [1.82, 2.24) is 0 Å². The van der Waals surface area contributed by atoms with E-state index in [0.717, 1.165) is 16.5 Å². The maximum Gasteiger partial charge on any atom is 0.238 e. The molecule has 0 saturated heterocycles. The summed E-state index contributed by atoms with van der Waals surface area (Å²) in [7, 11) is -3.65. The highest BCUT2D eigenvalue weighted by Crippen LogP contribution is 2.26. The lowest BCUT2D eigenvalue weighted by Crippen LogP contribution is -2.12. The normalized spacial score (nSPS) is 12.0. The number of sulfonamides is 1. The van der Waals surface area contributed by atoms with E-state index >= 15 is 0 Å². The molecule has 0 aliphatic heterocycles. The summed E-state index contributed by atoms with van der Waals surface area (Å²) in [6, 6.07) is 10.9. The van der Waals surface area contributed by atoms with Gasteiger partial charge in [-0.3, -0.25) is 0 Å². The van der Waals surface area contributed by atoms with Crippen molar-refractivity contribution in [3.63, 3.8) is 0 Å². The van der Waals surface area contributed by atoms with Crippen molar-refractivity contribution < 1.29 is 8.42 Å². The molecule has 3 N–H and O–H groups in total. The van der Waals surface area contributed by atoms with E-state index in [0.29, 0.717) is 6.04 Å². The molecule has 0 radical (unpaired) electrons. The van der Waals surface area contributed by atoms with E-state index in [4.69, 9.17) is 5.14 Å². The molecule has 2 aromatic carbocycles. The van der Waals surface area contributed by atoms with Crippen LogP contribution in [0.3, 0.4) is 0 Å². The molecule has 0 amide bonds. The molecule has 0 heterocycles. The molecule has 2 aromatic rings. The highest BCUT2D eigenvalue weighted by atomic mass is 32.2. The summed E-state index contributed by atoms with van der Waals surface area (Å²) in [5.41, 5.74) is 0.989. The van der Waals surface area contributed by atoms with E-state index in [1.165, 1.54) is 6.07 Å². The third kappa shape index (κ3) is 2.63. The molecule has 0 fully saturated rings. The molecular formula is C13H16N2O2S. The summed E-state index contributed by atoms with van der Waals surface area (Å²) in [4.78, 5) is 0.136. The minimum Gasteiger partial charge on any atom is -0.382 e. The largest absolute Gasteiger partial charge is 0.382 e. The molecule has 0 aliphatic rings. The fourth-order valence-electron chi connectivity index (χ4n) is 1.88. The van der Waals surface area contributed by atoms with Gasteiger partial charge in [-0.2, -0.15) is 0 Å². The van der Waals surface area contributed by atoms with Gasteiger partial charge < -0.3 is 5.32 Å². The van der Waals surface area contributed by atoms with Crippen molar-refractivity contribution in [2.45, 2.75) is 24.8 Å². The number of hydrogen-bond donors (Lipinski definition) is 2. The molecule has 0 aliphatic carbocycles. The van der Waals surface area contributed by atoms with E-state index in [2.05, 4.69) is 19.2 Å². The Bertz CT molecular complexity index is 678. The summed E-state index contributed by atoms with van der Waals surface area (Å²) in [6.45, 7) is 4.11. The zero-order chi connectivity index (χ0) is 13.3. The van der Waals surface area contributed by atoms with E-state index in [1.807, 2.05) is 18.2 Å². The lowest BCUT2D eigenvalue weighted by Gasteiger charge is -2.13. The smallest absolute Gasteiger partial charge is 0.238 e. The van der Waals surface area contributed by atoms with E-state index in [-0.39, 0.29) is 4.90 Å². The Morgan fingerprint density at radius 2 is 1.89 bits per heavy atom. The number of benzene rings is 2. The van der Waals surface area contributed by atoms with Crippen LogP contribution in [0.25, 0.3) is 10.8 Å². The topological polar surface area (TPSA) is 72.2 Å². The lowest BCUT2D eigenvalue weighted by molar-refractivity contribution is 0.598. The minimum absolute atomic E-state index is 0.136. The van der Waals surface area contributed by atoms with Gasteiger partial charge in [-0.1, -0.05) is 18.2 Å². The summed E-state index contributed by atoms with van der Waals surface area (Å²) in [5, 5.41) is 10.3. The van der Waals surface area contributed by atoms with Gasteiger partial charge in [-0.15, -0.1) is 0 Å². The van der Waals surface area contributed by atoms with Crippen molar-refractivity contribution in [2.75, 3.05) is 5.32 Å². The third-order valence-corrected chi connectivity index (χ3v) is 3.54. The van der Waals surface area contributed by atoms with Crippen LogP contribution < -0.4 is 10.5 Å². The Balaban J connectivity index is 2.60. The number of fused-ring (bicyclic) bond motifs is 1. The Morgan fingerprint density at radius 3 is 2.50 bits per heavy atom. The molecule has 2 rings (SSSR count). The van der Waals surface area contributed by atoms with Crippen molar-refractivity contribution in [3.05, 3.63) is 36.4 Å². The van der Waals surface area contributed by atoms with Gasteiger partial charge in [0.15, 0.2) is 0 Å². The Labute approximate surface area is 107 Å². The fraction of sp³-hybridized carbons (Fsp3) is 0.231. The molecule has 96 valence electrons.